The van der Waals surface area contributed by atoms with Gasteiger partial charge in [-0.1, -0.05) is 30.7 Å². The minimum absolute atomic E-state index is 0.0971. The van der Waals surface area contributed by atoms with Gasteiger partial charge < -0.3 is 10.4 Å². The van der Waals surface area contributed by atoms with E-state index in [0.29, 0.717) is 12.1 Å². The molecule has 0 amide bonds. The smallest absolute Gasteiger partial charge is 0.145 e. The van der Waals surface area contributed by atoms with Gasteiger partial charge in [0.25, 0.3) is 0 Å². The Bertz CT molecular complexity index is 368. The maximum atomic E-state index is 13.7. The molecule has 0 radical (unpaired) electrons. The Labute approximate surface area is 107 Å². The predicted octanol–water partition coefficient (Wildman–Crippen LogP) is 2.77. The van der Waals surface area contributed by atoms with Crippen LogP contribution in [0.1, 0.15) is 25.8 Å². The first-order chi connectivity index (χ1) is 7.96. The van der Waals surface area contributed by atoms with Crippen molar-refractivity contribution in [2.24, 2.45) is 0 Å². The molecule has 2 N–H and O–H groups in total. The maximum Gasteiger partial charge on any atom is 0.145 e. The molecule has 1 atom stereocenters. The van der Waals surface area contributed by atoms with Gasteiger partial charge in [0.15, 0.2) is 0 Å². The number of benzene rings is 1. The van der Waals surface area contributed by atoms with Gasteiger partial charge in [0.05, 0.1) is 10.6 Å². The molecule has 0 saturated carbocycles. The zero-order chi connectivity index (χ0) is 12.9. The highest BCUT2D eigenvalue weighted by molar-refractivity contribution is 6.30. The van der Waals surface area contributed by atoms with Crippen LogP contribution in [0.3, 0.4) is 0 Å². The summed E-state index contributed by atoms with van der Waals surface area (Å²) in [7, 11) is 0. The first kappa shape index (κ1) is 14.4. The van der Waals surface area contributed by atoms with Crippen molar-refractivity contribution >= 4 is 11.6 Å². The molecule has 1 rings (SSSR count). The van der Waals surface area contributed by atoms with Gasteiger partial charge in [-0.15, -0.1) is 0 Å². The molecule has 0 aliphatic rings. The number of hydrogen-bond donors (Lipinski definition) is 2. The Morgan fingerprint density at radius 3 is 2.82 bits per heavy atom. The van der Waals surface area contributed by atoms with Crippen LogP contribution >= 0.6 is 11.6 Å². The lowest BCUT2D eigenvalue weighted by Gasteiger charge is -2.24. The van der Waals surface area contributed by atoms with E-state index in [-0.39, 0.29) is 11.4 Å². The van der Waals surface area contributed by atoms with Crippen molar-refractivity contribution in [2.75, 3.05) is 13.1 Å². The molecule has 0 saturated heterocycles. The van der Waals surface area contributed by atoms with Gasteiger partial charge in [0.2, 0.25) is 0 Å². The molecule has 0 aliphatic heterocycles. The van der Waals surface area contributed by atoms with Gasteiger partial charge in [0.1, 0.15) is 5.82 Å². The molecule has 0 aliphatic carbocycles. The van der Waals surface area contributed by atoms with Crippen molar-refractivity contribution in [3.05, 3.63) is 34.6 Å². The van der Waals surface area contributed by atoms with Gasteiger partial charge in [0, 0.05) is 13.0 Å². The first-order valence-electron chi connectivity index (χ1n) is 5.82. The third kappa shape index (κ3) is 4.62. The van der Waals surface area contributed by atoms with Gasteiger partial charge in [-0.2, -0.15) is 0 Å². The summed E-state index contributed by atoms with van der Waals surface area (Å²) in [5, 5.41) is 13.4. The van der Waals surface area contributed by atoms with E-state index in [2.05, 4.69) is 12.2 Å². The highest BCUT2D eigenvalue weighted by Crippen LogP contribution is 2.21. The Morgan fingerprint density at radius 2 is 2.18 bits per heavy atom. The molecule has 1 unspecified atom stereocenters. The number of rotatable bonds is 6. The Morgan fingerprint density at radius 1 is 1.47 bits per heavy atom. The van der Waals surface area contributed by atoms with Crippen molar-refractivity contribution in [2.45, 2.75) is 32.3 Å². The number of nitrogens with one attached hydrogen (secondary N) is 1. The average Bonchev–Trinajstić information content (AvgIpc) is 2.25. The summed E-state index contributed by atoms with van der Waals surface area (Å²) in [6.07, 6.45) is 1.25. The molecule has 96 valence electrons. The minimum Gasteiger partial charge on any atom is -0.389 e. The molecular weight excluding hydrogens is 241 g/mol. The van der Waals surface area contributed by atoms with Crippen LogP contribution in [0.4, 0.5) is 4.39 Å². The molecule has 4 heteroatoms. The molecule has 1 aromatic carbocycles. The monoisotopic (exact) mass is 259 g/mol. The molecule has 1 aromatic rings. The van der Waals surface area contributed by atoms with Crippen molar-refractivity contribution in [3.63, 3.8) is 0 Å². The number of hydrogen-bond acceptors (Lipinski definition) is 2. The lowest BCUT2D eigenvalue weighted by molar-refractivity contribution is 0.0595. The van der Waals surface area contributed by atoms with Crippen molar-refractivity contribution < 1.29 is 9.50 Å². The van der Waals surface area contributed by atoms with E-state index in [9.17, 15) is 9.50 Å². The van der Waals surface area contributed by atoms with Crippen LogP contribution in [0.5, 0.6) is 0 Å². The van der Waals surface area contributed by atoms with Gasteiger partial charge in [-0.25, -0.2) is 4.39 Å². The third-order valence-electron chi connectivity index (χ3n) is 2.54. The Kier molecular flexibility index (Phi) is 5.37. The number of halogens is 2. The van der Waals surface area contributed by atoms with Crippen LogP contribution in [-0.4, -0.2) is 23.8 Å². The minimum atomic E-state index is -0.972. The van der Waals surface area contributed by atoms with E-state index in [0.717, 1.165) is 13.0 Å². The second kappa shape index (κ2) is 6.34. The van der Waals surface area contributed by atoms with Crippen molar-refractivity contribution in [1.29, 1.82) is 0 Å². The summed E-state index contributed by atoms with van der Waals surface area (Å²) in [6.45, 7) is 5.02. The lowest BCUT2D eigenvalue weighted by atomic mass is 9.96. The quantitative estimate of drug-likeness (QED) is 0.770. The molecule has 0 aromatic heterocycles. The Balaban J connectivity index is 2.65. The summed E-state index contributed by atoms with van der Waals surface area (Å²) >= 11 is 5.70. The number of aliphatic hydroxyl groups is 1. The fourth-order valence-corrected chi connectivity index (χ4v) is 1.89. The SMILES string of the molecule is CCCNCC(C)(O)Cc1cccc(Cl)c1F. The van der Waals surface area contributed by atoms with Crippen molar-refractivity contribution in [3.8, 4) is 0 Å². The summed E-state index contributed by atoms with van der Waals surface area (Å²) in [6, 6.07) is 4.84. The summed E-state index contributed by atoms with van der Waals surface area (Å²) in [4.78, 5) is 0. The zero-order valence-electron chi connectivity index (χ0n) is 10.3. The van der Waals surface area contributed by atoms with Gasteiger partial charge >= 0.3 is 0 Å². The second-order valence-corrected chi connectivity index (χ2v) is 4.97. The van der Waals surface area contributed by atoms with E-state index in [1.807, 2.05) is 0 Å². The normalized spacial score (nSPS) is 14.6. The fourth-order valence-electron chi connectivity index (χ4n) is 1.69. The lowest BCUT2D eigenvalue weighted by Crippen LogP contribution is -2.40. The summed E-state index contributed by atoms with van der Waals surface area (Å²) in [5.74, 6) is -0.440. The van der Waals surface area contributed by atoms with E-state index in [1.165, 1.54) is 6.07 Å². The van der Waals surface area contributed by atoms with E-state index in [4.69, 9.17) is 11.6 Å². The molecular formula is C13H19ClFNO. The van der Waals surface area contributed by atoms with Crippen molar-refractivity contribution in [1.82, 2.24) is 5.32 Å². The van der Waals surface area contributed by atoms with Crippen LogP contribution in [0.25, 0.3) is 0 Å². The molecule has 17 heavy (non-hydrogen) atoms. The molecule has 0 fully saturated rings. The summed E-state index contributed by atoms with van der Waals surface area (Å²) < 4.78 is 13.7. The highest BCUT2D eigenvalue weighted by atomic mass is 35.5. The average molecular weight is 260 g/mol. The van der Waals surface area contributed by atoms with Crippen LogP contribution < -0.4 is 5.32 Å². The van der Waals surface area contributed by atoms with Crippen LogP contribution in [-0.2, 0) is 6.42 Å². The largest absolute Gasteiger partial charge is 0.389 e. The fraction of sp³-hybridized carbons (Fsp3) is 0.538. The molecule has 0 spiro atoms. The van der Waals surface area contributed by atoms with Crippen LogP contribution in [0.15, 0.2) is 18.2 Å². The topological polar surface area (TPSA) is 32.3 Å². The maximum absolute atomic E-state index is 13.7. The standard InChI is InChI=1S/C13H19ClFNO/c1-3-7-16-9-13(2,17)8-10-5-4-6-11(14)12(10)15/h4-6,16-17H,3,7-9H2,1-2H3. The van der Waals surface area contributed by atoms with Gasteiger partial charge in [-0.05, 0) is 31.5 Å². The second-order valence-electron chi connectivity index (χ2n) is 4.56. The van der Waals surface area contributed by atoms with E-state index in [1.54, 1.807) is 19.1 Å². The van der Waals surface area contributed by atoms with Crippen LogP contribution in [0, 0.1) is 5.82 Å². The predicted molar refractivity (Wildman–Crippen MR) is 68.9 cm³/mol. The van der Waals surface area contributed by atoms with Gasteiger partial charge in [-0.3, -0.25) is 0 Å². The first-order valence-corrected chi connectivity index (χ1v) is 6.20. The highest BCUT2D eigenvalue weighted by Gasteiger charge is 2.22. The Hall–Kier alpha value is -0.640. The van der Waals surface area contributed by atoms with Crippen LogP contribution in [0.2, 0.25) is 5.02 Å². The molecule has 0 bridgehead atoms. The third-order valence-corrected chi connectivity index (χ3v) is 2.83. The molecule has 0 heterocycles. The van der Waals surface area contributed by atoms with E-state index >= 15 is 0 Å². The molecule has 2 nitrogen and oxygen atoms in total. The van der Waals surface area contributed by atoms with E-state index < -0.39 is 11.4 Å². The summed E-state index contributed by atoms with van der Waals surface area (Å²) in [5.41, 5.74) is -0.526. The zero-order valence-corrected chi connectivity index (χ0v) is 11.0.